The maximum absolute atomic E-state index is 5.95. The Morgan fingerprint density at radius 1 is 1.14 bits per heavy atom. The number of benzene rings is 2. The van der Waals surface area contributed by atoms with E-state index < -0.39 is 0 Å². The second-order valence-corrected chi connectivity index (χ2v) is 5.74. The minimum Gasteiger partial charge on any atom is -0.493 e. The van der Waals surface area contributed by atoms with Crippen molar-refractivity contribution in [2.45, 2.75) is 25.8 Å². The van der Waals surface area contributed by atoms with Gasteiger partial charge in [0.2, 0.25) is 0 Å². The van der Waals surface area contributed by atoms with E-state index in [0.29, 0.717) is 12.0 Å². The third-order valence-electron chi connectivity index (χ3n) is 4.44. The summed E-state index contributed by atoms with van der Waals surface area (Å²) in [5.74, 6) is 1.52. The van der Waals surface area contributed by atoms with Crippen LogP contribution >= 0.6 is 0 Å². The molecule has 1 aliphatic rings. The minimum absolute atomic E-state index is 0.337. The maximum Gasteiger partial charge on any atom is 0.122 e. The van der Waals surface area contributed by atoms with Gasteiger partial charge in [0, 0.05) is 12.0 Å². The smallest absolute Gasteiger partial charge is 0.122 e. The number of hydrogen-bond donors (Lipinski definition) is 1. The molecule has 110 valence electrons. The Balaban J connectivity index is 1.80. The van der Waals surface area contributed by atoms with E-state index in [-0.39, 0.29) is 0 Å². The first-order valence-corrected chi connectivity index (χ1v) is 7.78. The molecule has 0 aliphatic carbocycles. The SMILES string of the molecule is CCc1ccc(C(NC)C2COc3ccccc3C2)cc1. The van der Waals surface area contributed by atoms with Gasteiger partial charge in [0.25, 0.3) is 0 Å². The van der Waals surface area contributed by atoms with Crippen molar-refractivity contribution in [1.29, 1.82) is 0 Å². The van der Waals surface area contributed by atoms with E-state index in [2.05, 4.69) is 54.7 Å². The van der Waals surface area contributed by atoms with Crippen molar-refractivity contribution in [3.63, 3.8) is 0 Å². The molecule has 1 N–H and O–H groups in total. The van der Waals surface area contributed by atoms with E-state index in [1.54, 1.807) is 0 Å². The molecular weight excluding hydrogens is 258 g/mol. The summed E-state index contributed by atoms with van der Waals surface area (Å²) < 4.78 is 5.95. The highest BCUT2D eigenvalue weighted by atomic mass is 16.5. The first-order valence-electron chi connectivity index (χ1n) is 7.78. The van der Waals surface area contributed by atoms with Gasteiger partial charge in [0.05, 0.1) is 6.61 Å². The number of para-hydroxylation sites is 1. The van der Waals surface area contributed by atoms with Crippen LogP contribution in [0.3, 0.4) is 0 Å². The molecule has 3 rings (SSSR count). The second kappa shape index (κ2) is 6.31. The van der Waals surface area contributed by atoms with Crippen LogP contribution in [0.2, 0.25) is 0 Å². The van der Waals surface area contributed by atoms with Crippen LogP contribution in [0.5, 0.6) is 5.75 Å². The van der Waals surface area contributed by atoms with Crippen LogP contribution in [0.1, 0.15) is 29.7 Å². The highest BCUT2D eigenvalue weighted by Gasteiger charge is 2.27. The van der Waals surface area contributed by atoms with Gasteiger partial charge in [-0.05, 0) is 42.6 Å². The van der Waals surface area contributed by atoms with E-state index in [4.69, 9.17) is 4.74 Å². The van der Waals surface area contributed by atoms with Crippen molar-refractivity contribution in [2.24, 2.45) is 5.92 Å². The predicted octanol–water partition coefficient (Wildman–Crippen LogP) is 3.76. The molecule has 2 heteroatoms. The molecule has 0 aromatic heterocycles. The Hall–Kier alpha value is -1.80. The molecular formula is C19H23NO. The van der Waals surface area contributed by atoms with Crippen molar-refractivity contribution in [1.82, 2.24) is 5.32 Å². The molecule has 0 radical (unpaired) electrons. The molecule has 2 nitrogen and oxygen atoms in total. The molecule has 1 heterocycles. The first kappa shape index (κ1) is 14.2. The number of aryl methyl sites for hydroxylation is 1. The highest BCUT2D eigenvalue weighted by Crippen LogP contribution is 2.33. The Kier molecular flexibility index (Phi) is 4.26. The lowest BCUT2D eigenvalue weighted by Crippen LogP contribution is -2.33. The van der Waals surface area contributed by atoms with Crippen LogP contribution in [-0.4, -0.2) is 13.7 Å². The topological polar surface area (TPSA) is 21.3 Å². The van der Waals surface area contributed by atoms with Crippen molar-refractivity contribution in [2.75, 3.05) is 13.7 Å². The number of fused-ring (bicyclic) bond motifs is 1. The fourth-order valence-electron chi connectivity index (χ4n) is 3.20. The largest absolute Gasteiger partial charge is 0.493 e. The molecule has 2 aromatic rings. The predicted molar refractivity (Wildman–Crippen MR) is 86.8 cm³/mol. The van der Waals surface area contributed by atoms with Gasteiger partial charge >= 0.3 is 0 Å². The zero-order chi connectivity index (χ0) is 14.7. The summed E-state index contributed by atoms with van der Waals surface area (Å²) >= 11 is 0. The Bertz CT molecular complexity index is 591. The maximum atomic E-state index is 5.95. The molecule has 21 heavy (non-hydrogen) atoms. The van der Waals surface area contributed by atoms with E-state index in [1.807, 2.05) is 13.1 Å². The van der Waals surface area contributed by atoms with Crippen LogP contribution in [0.25, 0.3) is 0 Å². The van der Waals surface area contributed by atoms with Gasteiger partial charge in [-0.25, -0.2) is 0 Å². The monoisotopic (exact) mass is 281 g/mol. The van der Waals surface area contributed by atoms with Crippen LogP contribution in [0, 0.1) is 5.92 Å². The zero-order valence-electron chi connectivity index (χ0n) is 12.8. The van der Waals surface area contributed by atoms with E-state index >= 15 is 0 Å². The molecule has 0 saturated heterocycles. The average molecular weight is 281 g/mol. The van der Waals surface area contributed by atoms with Crippen molar-refractivity contribution < 1.29 is 4.74 Å². The van der Waals surface area contributed by atoms with Crippen LogP contribution in [-0.2, 0) is 12.8 Å². The van der Waals surface area contributed by atoms with Gasteiger partial charge < -0.3 is 10.1 Å². The fourth-order valence-corrected chi connectivity index (χ4v) is 3.20. The molecule has 2 unspecified atom stereocenters. The third kappa shape index (κ3) is 2.96. The third-order valence-corrected chi connectivity index (χ3v) is 4.44. The molecule has 0 amide bonds. The minimum atomic E-state index is 0.337. The summed E-state index contributed by atoms with van der Waals surface area (Å²) in [7, 11) is 2.04. The van der Waals surface area contributed by atoms with Crippen LogP contribution in [0.4, 0.5) is 0 Å². The van der Waals surface area contributed by atoms with Gasteiger partial charge in [0.15, 0.2) is 0 Å². The molecule has 0 saturated carbocycles. The Morgan fingerprint density at radius 2 is 1.90 bits per heavy atom. The number of ether oxygens (including phenoxy) is 1. The quantitative estimate of drug-likeness (QED) is 0.921. The van der Waals surface area contributed by atoms with Gasteiger partial charge in [-0.15, -0.1) is 0 Å². The molecule has 0 fully saturated rings. The van der Waals surface area contributed by atoms with Crippen LogP contribution < -0.4 is 10.1 Å². The molecule has 2 atom stereocenters. The normalized spacial score (nSPS) is 18.7. The summed E-state index contributed by atoms with van der Waals surface area (Å²) in [6, 6.07) is 17.7. The van der Waals surface area contributed by atoms with Crippen LogP contribution in [0.15, 0.2) is 48.5 Å². The zero-order valence-corrected chi connectivity index (χ0v) is 12.8. The summed E-state index contributed by atoms with van der Waals surface area (Å²) in [4.78, 5) is 0. The van der Waals surface area contributed by atoms with E-state index in [1.165, 1.54) is 16.7 Å². The summed E-state index contributed by atoms with van der Waals surface area (Å²) in [6.07, 6.45) is 2.15. The van der Waals surface area contributed by atoms with Gasteiger partial charge in [-0.3, -0.25) is 0 Å². The lowest BCUT2D eigenvalue weighted by molar-refractivity contribution is 0.188. The first-order chi connectivity index (χ1) is 10.3. The Morgan fingerprint density at radius 3 is 2.62 bits per heavy atom. The summed E-state index contributed by atoms with van der Waals surface area (Å²) in [5.41, 5.74) is 4.06. The van der Waals surface area contributed by atoms with Crippen molar-refractivity contribution in [3.05, 3.63) is 65.2 Å². The second-order valence-electron chi connectivity index (χ2n) is 5.74. The summed E-state index contributed by atoms with van der Waals surface area (Å²) in [6.45, 7) is 2.97. The standard InChI is InChI=1S/C19H23NO/c1-3-14-8-10-15(11-9-14)19(20-2)17-12-16-6-4-5-7-18(16)21-13-17/h4-11,17,19-20H,3,12-13H2,1-2H3. The molecule has 1 aliphatic heterocycles. The highest BCUT2D eigenvalue weighted by molar-refractivity contribution is 5.36. The number of rotatable bonds is 4. The number of hydrogen-bond acceptors (Lipinski definition) is 2. The lowest BCUT2D eigenvalue weighted by atomic mass is 9.86. The molecule has 0 spiro atoms. The average Bonchev–Trinajstić information content (AvgIpc) is 2.56. The van der Waals surface area contributed by atoms with Crippen molar-refractivity contribution in [3.8, 4) is 5.75 Å². The van der Waals surface area contributed by atoms with E-state index in [0.717, 1.165) is 25.2 Å². The van der Waals surface area contributed by atoms with E-state index in [9.17, 15) is 0 Å². The van der Waals surface area contributed by atoms with Gasteiger partial charge in [0.1, 0.15) is 5.75 Å². The molecule has 2 aromatic carbocycles. The lowest BCUT2D eigenvalue weighted by Gasteiger charge is -2.32. The van der Waals surface area contributed by atoms with Gasteiger partial charge in [-0.1, -0.05) is 49.4 Å². The van der Waals surface area contributed by atoms with Gasteiger partial charge in [-0.2, -0.15) is 0 Å². The molecule has 0 bridgehead atoms. The fraction of sp³-hybridized carbons (Fsp3) is 0.368. The summed E-state index contributed by atoms with van der Waals surface area (Å²) in [5, 5.41) is 3.48. The Labute approximate surface area is 127 Å². The van der Waals surface area contributed by atoms with Crippen molar-refractivity contribution >= 4 is 0 Å². The number of nitrogens with one attached hydrogen (secondary N) is 1.